The lowest BCUT2D eigenvalue weighted by Crippen LogP contribution is -2.46. The Morgan fingerprint density at radius 2 is 2.12 bits per heavy atom. The van der Waals surface area contributed by atoms with Crippen molar-refractivity contribution in [1.29, 1.82) is 0 Å². The summed E-state index contributed by atoms with van der Waals surface area (Å²) in [5.41, 5.74) is 5.83. The summed E-state index contributed by atoms with van der Waals surface area (Å²) >= 11 is 0. The van der Waals surface area contributed by atoms with Crippen LogP contribution >= 0.6 is 0 Å². The molecule has 2 aliphatic rings. The van der Waals surface area contributed by atoms with Crippen molar-refractivity contribution in [3.63, 3.8) is 0 Å². The number of morpholine rings is 1. The number of rotatable bonds is 3. The van der Waals surface area contributed by atoms with Gasteiger partial charge in [0.15, 0.2) is 0 Å². The first kappa shape index (κ1) is 12.8. The molecule has 2 fully saturated rings. The molecule has 1 aliphatic carbocycles. The van der Waals surface area contributed by atoms with Crippen LogP contribution in [0.1, 0.15) is 26.2 Å². The van der Waals surface area contributed by atoms with Crippen LogP contribution in [0.15, 0.2) is 0 Å². The molecule has 0 aromatic heterocycles. The van der Waals surface area contributed by atoms with Gasteiger partial charge in [0.25, 0.3) is 5.91 Å². The zero-order valence-corrected chi connectivity index (χ0v) is 10.4. The SMILES string of the molecule is CC(OC1CCC(N)C1)C(=O)N1CCOCC1. The van der Waals surface area contributed by atoms with Crippen LogP contribution in [0.2, 0.25) is 0 Å². The maximum atomic E-state index is 12.1. The van der Waals surface area contributed by atoms with Crippen molar-refractivity contribution in [3.8, 4) is 0 Å². The summed E-state index contributed by atoms with van der Waals surface area (Å²) in [6, 6.07) is 0.241. The molecule has 17 heavy (non-hydrogen) atoms. The number of hydrogen-bond acceptors (Lipinski definition) is 4. The Bertz CT molecular complexity index is 266. The lowest BCUT2D eigenvalue weighted by atomic mass is 10.2. The van der Waals surface area contributed by atoms with Gasteiger partial charge in [-0.15, -0.1) is 0 Å². The van der Waals surface area contributed by atoms with E-state index < -0.39 is 0 Å². The second-order valence-corrected chi connectivity index (χ2v) is 4.91. The van der Waals surface area contributed by atoms with E-state index >= 15 is 0 Å². The van der Waals surface area contributed by atoms with Crippen molar-refractivity contribution in [3.05, 3.63) is 0 Å². The van der Waals surface area contributed by atoms with Crippen molar-refractivity contribution >= 4 is 5.91 Å². The molecule has 0 radical (unpaired) electrons. The van der Waals surface area contributed by atoms with Crippen LogP contribution in [0.3, 0.4) is 0 Å². The van der Waals surface area contributed by atoms with Gasteiger partial charge in [0.2, 0.25) is 0 Å². The highest BCUT2D eigenvalue weighted by Gasteiger charge is 2.28. The molecule has 1 amide bonds. The minimum Gasteiger partial charge on any atom is -0.378 e. The monoisotopic (exact) mass is 242 g/mol. The Kier molecular flexibility index (Phi) is 4.36. The molecule has 0 aromatic carbocycles. The fourth-order valence-electron chi connectivity index (χ4n) is 2.48. The Hall–Kier alpha value is -0.650. The van der Waals surface area contributed by atoms with Crippen LogP contribution in [0.25, 0.3) is 0 Å². The second-order valence-electron chi connectivity index (χ2n) is 4.91. The molecule has 1 heterocycles. The van der Waals surface area contributed by atoms with Crippen molar-refractivity contribution in [2.45, 2.75) is 44.4 Å². The predicted molar refractivity (Wildman–Crippen MR) is 63.6 cm³/mol. The molecule has 3 atom stereocenters. The molecule has 1 saturated heterocycles. The van der Waals surface area contributed by atoms with Crippen LogP contribution < -0.4 is 5.73 Å². The van der Waals surface area contributed by atoms with Crippen LogP contribution in [-0.2, 0) is 14.3 Å². The highest BCUT2D eigenvalue weighted by molar-refractivity contribution is 5.80. The molecular formula is C12H22N2O3. The zero-order valence-electron chi connectivity index (χ0n) is 10.4. The number of ether oxygens (including phenoxy) is 2. The summed E-state index contributed by atoms with van der Waals surface area (Å²) in [4.78, 5) is 13.9. The maximum Gasteiger partial charge on any atom is 0.251 e. The van der Waals surface area contributed by atoms with Crippen molar-refractivity contribution < 1.29 is 14.3 Å². The van der Waals surface area contributed by atoms with Crippen molar-refractivity contribution in [2.75, 3.05) is 26.3 Å². The minimum atomic E-state index is -0.358. The third kappa shape index (κ3) is 3.40. The average Bonchev–Trinajstić information content (AvgIpc) is 2.75. The molecule has 2 rings (SSSR count). The fourth-order valence-corrected chi connectivity index (χ4v) is 2.48. The number of nitrogens with zero attached hydrogens (tertiary/aromatic N) is 1. The first-order chi connectivity index (χ1) is 8.16. The number of amides is 1. The Labute approximate surface area is 102 Å². The van der Waals surface area contributed by atoms with E-state index in [1.807, 2.05) is 11.8 Å². The van der Waals surface area contributed by atoms with Gasteiger partial charge in [0.1, 0.15) is 6.10 Å². The molecule has 5 heteroatoms. The zero-order chi connectivity index (χ0) is 12.3. The molecular weight excluding hydrogens is 220 g/mol. The lowest BCUT2D eigenvalue weighted by molar-refractivity contribution is -0.150. The van der Waals surface area contributed by atoms with Gasteiger partial charge >= 0.3 is 0 Å². The topological polar surface area (TPSA) is 64.8 Å². The largest absolute Gasteiger partial charge is 0.378 e. The maximum absolute atomic E-state index is 12.1. The van der Waals surface area contributed by atoms with Crippen LogP contribution in [0.4, 0.5) is 0 Å². The van der Waals surface area contributed by atoms with Crippen LogP contribution in [0, 0.1) is 0 Å². The molecule has 98 valence electrons. The van der Waals surface area contributed by atoms with E-state index in [0.717, 1.165) is 19.3 Å². The van der Waals surface area contributed by atoms with Crippen LogP contribution in [-0.4, -0.2) is 55.4 Å². The van der Waals surface area contributed by atoms with Crippen molar-refractivity contribution in [1.82, 2.24) is 4.90 Å². The van der Waals surface area contributed by atoms with E-state index in [1.54, 1.807) is 0 Å². The second kappa shape index (κ2) is 5.80. The summed E-state index contributed by atoms with van der Waals surface area (Å²) < 4.78 is 11.0. The summed E-state index contributed by atoms with van der Waals surface area (Å²) in [6.07, 6.45) is 2.65. The van der Waals surface area contributed by atoms with Gasteiger partial charge in [-0.1, -0.05) is 0 Å². The van der Waals surface area contributed by atoms with Crippen LogP contribution in [0.5, 0.6) is 0 Å². The summed E-state index contributed by atoms with van der Waals surface area (Å²) in [5.74, 6) is 0.0776. The van der Waals surface area contributed by atoms with Gasteiger partial charge in [0, 0.05) is 19.1 Å². The first-order valence-electron chi connectivity index (χ1n) is 6.44. The average molecular weight is 242 g/mol. The molecule has 2 N–H and O–H groups in total. The number of hydrogen-bond donors (Lipinski definition) is 1. The highest BCUT2D eigenvalue weighted by Crippen LogP contribution is 2.22. The predicted octanol–water partition coefficient (Wildman–Crippen LogP) is 0.130. The van der Waals surface area contributed by atoms with E-state index in [1.165, 1.54) is 0 Å². The number of carbonyl (C=O) groups excluding carboxylic acids is 1. The van der Waals surface area contributed by atoms with Gasteiger partial charge in [-0.05, 0) is 26.2 Å². The molecule has 3 unspecified atom stereocenters. The molecule has 0 bridgehead atoms. The van der Waals surface area contributed by atoms with E-state index in [-0.39, 0.29) is 24.2 Å². The third-order valence-corrected chi connectivity index (χ3v) is 3.49. The fraction of sp³-hybridized carbons (Fsp3) is 0.917. The van der Waals surface area contributed by atoms with Gasteiger partial charge in [-0.2, -0.15) is 0 Å². The standard InChI is InChI=1S/C12H22N2O3/c1-9(17-11-3-2-10(13)8-11)12(15)14-4-6-16-7-5-14/h9-11H,2-8,13H2,1H3. The molecule has 1 aliphatic heterocycles. The van der Waals surface area contributed by atoms with Crippen molar-refractivity contribution in [2.24, 2.45) is 5.73 Å². The smallest absolute Gasteiger partial charge is 0.251 e. The van der Waals surface area contributed by atoms with E-state index in [4.69, 9.17) is 15.2 Å². The molecule has 1 saturated carbocycles. The quantitative estimate of drug-likeness (QED) is 0.764. The summed E-state index contributed by atoms with van der Waals surface area (Å²) in [7, 11) is 0. The highest BCUT2D eigenvalue weighted by atomic mass is 16.5. The Morgan fingerprint density at radius 1 is 1.41 bits per heavy atom. The molecule has 0 spiro atoms. The van der Waals surface area contributed by atoms with Gasteiger partial charge in [0.05, 0.1) is 19.3 Å². The normalized spacial score (nSPS) is 31.5. The summed E-state index contributed by atoms with van der Waals surface area (Å²) in [5, 5.41) is 0. The van der Waals surface area contributed by atoms with E-state index in [0.29, 0.717) is 26.3 Å². The van der Waals surface area contributed by atoms with Gasteiger partial charge in [-0.25, -0.2) is 0 Å². The number of carbonyl (C=O) groups is 1. The Balaban J connectivity index is 1.78. The first-order valence-corrected chi connectivity index (χ1v) is 6.44. The van der Waals surface area contributed by atoms with E-state index in [9.17, 15) is 4.79 Å². The third-order valence-electron chi connectivity index (χ3n) is 3.49. The van der Waals surface area contributed by atoms with E-state index in [2.05, 4.69) is 0 Å². The molecule has 5 nitrogen and oxygen atoms in total. The number of nitrogens with two attached hydrogens (primary N) is 1. The molecule has 0 aromatic rings. The summed E-state index contributed by atoms with van der Waals surface area (Å²) in [6.45, 7) is 4.45. The van der Waals surface area contributed by atoms with Gasteiger partial charge < -0.3 is 20.1 Å². The minimum absolute atomic E-state index is 0.0776. The lowest BCUT2D eigenvalue weighted by Gasteiger charge is -2.30. The van der Waals surface area contributed by atoms with Gasteiger partial charge in [-0.3, -0.25) is 4.79 Å². The Morgan fingerprint density at radius 3 is 2.71 bits per heavy atom.